The molecule has 13 heteroatoms. The summed E-state index contributed by atoms with van der Waals surface area (Å²) in [5, 5.41) is 5.91. The topological polar surface area (TPSA) is 120 Å². The molecule has 4 aromatic rings. The van der Waals surface area contributed by atoms with Crippen molar-refractivity contribution in [2.75, 3.05) is 11.4 Å². The number of rotatable bonds is 6. The lowest BCUT2D eigenvalue weighted by Crippen LogP contribution is -2.52. The van der Waals surface area contributed by atoms with Crippen LogP contribution in [-0.2, 0) is 11.2 Å². The van der Waals surface area contributed by atoms with Crippen LogP contribution in [0.3, 0.4) is 0 Å². The first-order valence-electron chi connectivity index (χ1n) is 12.8. The van der Waals surface area contributed by atoms with Gasteiger partial charge in [-0.3, -0.25) is 19.4 Å². The molecule has 2 aliphatic rings. The highest BCUT2D eigenvalue weighted by molar-refractivity contribution is 6.35. The second-order valence-electron chi connectivity index (χ2n) is 10.1. The van der Waals surface area contributed by atoms with Crippen molar-refractivity contribution in [1.29, 1.82) is 0 Å². The maximum Gasteiger partial charge on any atom is 0.266 e. The van der Waals surface area contributed by atoms with Crippen LogP contribution in [0.2, 0.25) is 0 Å². The van der Waals surface area contributed by atoms with Gasteiger partial charge in [0.05, 0.1) is 34.0 Å². The average Bonchev–Trinajstić information content (AvgIpc) is 3.46. The van der Waals surface area contributed by atoms with Crippen LogP contribution in [0.1, 0.15) is 51.4 Å². The number of nitrogens with one attached hydrogen (secondary N) is 3. The number of halogens is 4. The predicted molar refractivity (Wildman–Crippen MR) is 138 cm³/mol. The van der Waals surface area contributed by atoms with E-state index in [0.29, 0.717) is 29.7 Å². The number of imidazole rings is 1. The lowest BCUT2D eigenvalue weighted by molar-refractivity contribution is -0.124. The van der Waals surface area contributed by atoms with Crippen LogP contribution in [-0.4, -0.2) is 51.3 Å². The molecule has 210 valence electrons. The summed E-state index contributed by atoms with van der Waals surface area (Å²) in [6.07, 6.45) is 2.99. The summed E-state index contributed by atoms with van der Waals surface area (Å²) in [6.45, 7) is 1.90. The Bertz CT molecular complexity index is 1650. The number of H-pyrrole nitrogens is 1. The zero-order valence-electron chi connectivity index (χ0n) is 21.5. The summed E-state index contributed by atoms with van der Waals surface area (Å²) in [5.41, 5.74) is 0.720. The van der Waals surface area contributed by atoms with Crippen molar-refractivity contribution in [1.82, 2.24) is 25.6 Å². The van der Waals surface area contributed by atoms with E-state index < -0.39 is 58.6 Å². The van der Waals surface area contributed by atoms with E-state index in [-0.39, 0.29) is 35.3 Å². The second kappa shape index (κ2) is 10.1. The van der Waals surface area contributed by atoms with Gasteiger partial charge in [-0.2, -0.15) is 0 Å². The number of hydrogen-bond acceptors (Lipinski definition) is 6. The number of imide groups is 1. The van der Waals surface area contributed by atoms with Gasteiger partial charge in [0.1, 0.15) is 11.7 Å². The van der Waals surface area contributed by atoms with E-state index in [1.807, 2.05) is 0 Å². The van der Waals surface area contributed by atoms with E-state index in [4.69, 9.17) is 0 Å². The molecular weight excluding hydrogens is 544 g/mol. The monoisotopic (exact) mass is 566 g/mol. The molecule has 2 aliphatic heterocycles. The molecule has 3 N–H and O–H groups in total. The maximum absolute atomic E-state index is 14.2. The molecule has 1 saturated heterocycles. The number of carbonyl (C=O) groups excluding carboxylic acids is 3. The van der Waals surface area contributed by atoms with Crippen molar-refractivity contribution in [2.24, 2.45) is 0 Å². The van der Waals surface area contributed by atoms with Crippen molar-refractivity contribution >= 4 is 34.4 Å². The molecule has 2 unspecified atom stereocenters. The summed E-state index contributed by atoms with van der Waals surface area (Å²) >= 11 is 0. The number of hydrogen-bond donors (Lipinski definition) is 3. The molecular formula is C28H22F4N6O3. The van der Waals surface area contributed by atoms with Gasteiger partial charge in [-0.15, -0.1) is 0 Å². The second-order valence-corrected chi connectivity index (χ2v) is 10.1. The van der Waals surface area contributed by atoms with Gasteiger partial charge >= 0.3 is 0 Å². The third-order valence-electron chi connectivity index (χ3n) is 7.36. The van der Waals surface area contributed by atoms with Crippen LogP contribution in [0.5, 0.6) is 0 Å². The van der Waals surface area contributed by atoms with Crippen molar-refractivity contribution in [3.63, 3.8) is 0 Å². The smallest absolute Gasteiger partial charge is 0.266 e. The quantitative estimate of drug-likeness (QED) is 0.187. The Labute approximate surface area is 230 Å². The fourth-order valence-electron chi connectivity index (χ4n) is 5.47. The number of benzene rings is 2. The van der Waals surface area contributed by atoms with Crippen molar-refractivity contribution in [3.8, 4) is 0 Å². The van der Waals surface area contributed by atoms with Crippen LogP contribution in [0.4, 0.5) is 23.2 Å². The SMILES string of the molecule is C[C@@H](Cc1c(F)c(F)cc(F)c1F)NC1CCNC(=O)C1c1nc2cc3c(cc2[nH]1)C(=O)N(c1cccnc1)C3=O. The van der Waals surface area contributed by atoms with Gasteiger partial charge in [0.2, 0.25) is 5.91 Å². The molecule has 41 heavy (non-hydrogen) atoms. The summed E-state index contributed by atoms with van der Waals surface area (Å²) in [7, 11) is 0. The molecule has 2 aromatic carbocycles. The summed E-state index contributed by atoms with van der Waals surface area (Å²) in [4.78, 5) is 51.8. The Morgan fingerprint density at radius 1 is 1.05 bits per heavy atom. The van der Waals surface area contributed by atoms with Crippen LogP contribution in [0.25, 0.3) is 11.0 Å². The Hall–Kier alpha value is -4.65. The van der Waals surface area contributed by atoms with E-state index in [1.54, 1.807) is 19.1 Å². The maximum atomic E-state index is 14.2. The van der Waals surface area contributed by atoms with Gasteiger partial charge < -0.3 is 15.6 Å². The van der Waals surface area contributed by atoms with Crippen LogP contribution >= 0.6 is 0 Å². The zero-order chi connectivity index (χ0) is 29.0. The lowest BCUT2D eigenvalue weighted by Gasteiger charge is -2.33. The van der Waals surface area contributed by atoms with Crippen LogP contribution in [0.15, 0.2) is 42.7 Å². The minimum Gasteiger partial charge on any atom is -0.355 e. The Morgan fingerprint density at radius 3 is 2.44 bits per heavy atom. The van der Waals surface area contributed by atoms with E-state index in [2.05, 4.69) is 25.6 Å². The van der Waals surface area contributed by atoms with Gasteiger partial charge in [0, 0.05) is 36.5 Å². The normalized spacial score (nSPS) is 19.5. The van der Waals surface area contributed by atoms with E-state index in [1.165, 1.54) is 24.5 Å². The fraction of sp³-hybridized carbons (Fsp3) is 0.250. The van der Waals surface area contributed by atoms with Gasteiger partial charge in [0.25, 0.3) is 11.8 Å². The first kappa shape index (κ1) is 26.6. The number of anilines is 1. The fourth-order valence-corrected chi connectivity index (χ4v) is 5.47. The Kier molecular flexibility index (Phi) is 6.53. The molecule has 3 atom stereocenters. The van der Waals surface area contributed by atoms with Crippen molar-refractivity contribution < 1.29 is 31.9 Å². The van der Waals surface area contributed by atoms with Gasteiger partial charge in [-0.25, -0.2) is 27.4 Å². The van der Waals surface area contributed by atoms with Crippen LogP contribution in [0, 0.1) is 23.3 Å². The largest absolute Gasteiger partial charge is 0.355 e. The van der Waals surface area contributed by atoms with Gasteiger partial charge in [0.15, 0.2) is 23.3 Å². The summed E-state index contributed by atoms with van der Waals surface area (Å²) < 4.78 is 55.9. The van der Waals surface area contributed by atoms with Gasteiger partial charge in [-0.1, -0.05) is 0 Å². The Balaban J connectivity index is 1.28. The standard InChI is InChI=1S/C28H22F4N6O3/c1-12(7-16-23(31)17(29)10-18(30)24(16)32)35-19-4-6-34-26(39)22(19)25-36-20-8-14-15(9-21(20)37-25)28(41)38(27(14)40)13-3-2-5-33-11-13/h2-3,5,8-12,19,22,35H,4,6-7H2,1H3,(H,34,39)(H,36,37)/t12-,19?,22?/m0/s1. The molecule has 1 fully saturated rings. The number of carbonyl (C=O) groups is 3. The molecule has 0 bridgehead atoms. The molecule has 3 amide bonds. The highest BCUT2D eigenvalue weighted by Gasteiger charge is 2.39. The zero-order valence-corrected chi connectivity index (χ0v) is 21.5. The number of aromatic nitrogens is 3. The number of amides is 3. The lowest BCUT2D eigenvalue weighted by atomic mass is 9.90. The van der Waals surface area contributed by atoms with Gasteiger partial charge in [-0.05, 0) is 44.0 Å². The van der Waals surface area contributed by atoms with E-state index in [9.17, 15) is 31.9 Å². The molecule has 4 heterocycles. The van der Waals surface area contributed by atoms with E-state index in [0.717, 1.165) is 4.90 Å². The highest BCUT2D eigenvalue weighted by atomic mass is 19.2. The minimum absolute atomic E-state index is 0.156. The molecule has 0 spiro atoms. The summed E-state index contributed by atoms with van der Waals surface area (Å²) in [5.74, 6) is -7.94. The molecule has 0 saturated carbocycles. The molecule has 0 aliphatic carbocycles. The molecule has 0 radical (unpaired) electrons. The Morgan fingerprint density at radius 2 is 1.76 bits per heavy atom. The number of pyridine rings is 1. The molecule has 2 aromatic heterocycles. The highest BCUT2D eigenvalue weighted by Crippen LogP contribution is 2.32. The number of nitrogens with zero attached hydrogens (tertiary/aromatic N) is 3. The third kappa shape index (κ3) is 4.51. The van der Waals surface area contributed by atoms with Crippen molar-refractivity contribution in [2.45, 2.75) is 37.8 Å². The number of aromatic amines is 1. The number of fused-ring (bicyclic) bond motifs is 2. The average molecular weight is 567 g/mol. The predicted octanol–water partition coefficient (Wildman–Crippen LogP) is 3.51. The van der Waals surface area contributed by atoms with E-state index >= 15 is 0 Å². The summed E-state index contributed by atoms with van der Waals surface area (Å²) in [6, 6.07) is 5.12. The third-order valence-corrected chi connectivity index (χ3v) is 7.36. The van der Waals surface area contributed by atoms with Crippen molar-refractivity contribution in [3.05, 3.63) is 88.5 Å². The first-order chi connectivity index (χ1) is 19.6. The first-order valence-corrected chi connectivity index (χ1v) is 12.8. The molecule has 9 nitrogen and oxygen atoms in total. The minimum atomic E-state index is -1.49. The van der Waals surface area contributed by atoms with Crippen LogP contribution < -0.4 is 15.5 Å². The number of piperidine rings is 1. The molecule has 6 rings (SSSR count).